The predicted octanol–water partition coefficient (Wildman–Crippen LogP) is 4.29. The van der Waals surface area contributed by atoms with Gasteiger partial charge < -0.3 is 5.32 Å². The van der Waals surface area contributed by atoms with Gasteiger partial charge in [-0.25, -0.2) is 0 Å². The first-order valence-corrected chi connectivity index (χ1v) is 7.09. The standard InChI is InChI=1S/C15H22ClNO/c1-3-5-8-12(4-2)11-17-15(18)13-9-6-7-10-14(13)16/h6-7,9-10,12H,3-5,8,11H2,1-2H3,(H,17,18)/t12-/m1/s1. The fourth-order valence-corrected chi connectivity index (χ4v) is 2.14. The minimum atomic E-state index is -0.0736. The zero-order valence-electron chi connectivity index (χ0n) is 11.2. The summed E-state index contributed by atoms with van der Waals surface area (Å²) in [5.41, 5.74) is 0.560. The number of carbonyl (C=O) groups excluding carboxylic acids is 1. The van der Waals surface area contributed by atoms with Gasteiger partial charge in [0.05, 0.1) is 10.6 Å². The molecular weight excluding hydrogens is 246 g/mol. The highest BCUT2D eigenvalue weighted by molar-refractivity contribution is 6.33. The van der Waals surface area contributed by atoms with Crippen molar-refractivity contribution in [2.45, 2.75) is 39.5 Å². The lowest BCUT2D eigenvalue weighted by Crippen LogP contribution is -2.29. The molecule has 1 aromatic rings. The van der Waals surface area contributed by atoms with Crippen molar-refractivity contribution < 1.29 is 4.79 Å². The molecule has 0 radical (unpaired) electrons. The van der Waals surface area contributed by atoms with Gasteiger partial charge in [-0.2, -0.15) is 0 Å². The summed E-state index contributed by atoms with van der Waals surface area (Å²) in [6.45, 7) is 5.09. The lowest BCUT2D eigenvalue weighted by molar-refractivity contribution is 0.0946. The Balaban J connectivity index is 2.47. The molecule has 1 amide bonds. The van der Waals surface area contributed by atoms with E-state index in [1.54, 1.807) is 12.1 Å². The van der Waals surface area contributed by atoms with Crippen LogP contribution in [0.3, 0.4) is 0 Å². The molecule has 0 aliphatic carbocycles. The zero-order valence-corrected chi connectivity index (χ0v) is 12.0. The number of nitrogens with one attached hydrogen (secondary N) is 1. The Bertz CT molecular complexity index is 379. The first kappa shape index (κ1) is 15.0. The molecule has 0 unspecified atom stereocenters. The molecule has 3 heteroatoms. The van der Waals surface area contributed by atoms with Gasteiger partial charge in [-0.15, -0.1) is 0 Å². The van der Waals surface area contributed by atoms with E-state index in [-0.39, 0.29) is 5.91 Å². The average Bonchev–Trinajstić information content (AvgIpc) is 2.39. The Morgan fingerprint density at radius 1 is 1.33 bits per heavy atom. The molecule has 0 aromatic heterocycles. The molecule has 18 heavy (non-hydrogen) atoms. The molecule has 100 valence electrons. The first-order valence-electron chi connectivity index (χ1n) is 6.71. The summed E-state index contributed by atoms with van der Waals surface area (Å²) in [5.74, 6) is 0.493. The van der Waals surface area contributed by atoms with E-state index in [2.05, 4.69) is 19.2 Å². The summed E-state index contributed by atoms with van der Waals surface area (Å²) >= 11 is 5.99. The van der Waals surface area contributed by atoms with Crippen LogP contribution in [-0.4, -0.2) is 12.5 Å². The quantitative estimate of drug-likeness (QED) is 0.785. The molecule has 0 spiro atoms. The molecule has 0 bridgehead atoms. The highest BCUT2D eigenvalue weighted by atomic mass is 35.5. The van der Waals surface area contributed by atoms with Gasteiger partial charge in [0.1, 0.15) is 0 Å². The second kappa shape index (κ2) is 8.15. The van der Waals surface area contributed by atoms with Gasteiger partial charge >= 0.3 is 0 Å². The third kappa shape index (κ3) is 4.69. The maximum atomic E-state index is 12.0. The van der Waals surface area contributed by atoms with Gasteiger partial charge in [-0.3, -0.25) is 4.79 Å². The van der Waals surface area contributed by atoms with Crippen molar-refractivity contribution in [1.82, 2.24) is 5.32 Å². The average molecular weight is 268 g/mol. The third-order valence-electron chi connectivity index (χ3n) is 3.21. The summed E-state index contributed by atoms with van der Waals surface area (Å²) in [4.78, 5) is 12.0. The van der Waals surface area contributed by atoms with Crippen LogP contribution in [0.4, 0.5) is 0 Å². The Hall–Kier alpha value is -1.02. The van der Waals surface area contributed by atoms with Crippen LogP contribution in [0, 0.1) is 5.92 Å². The molecule has 0 heterocycles. The molecule has 0 fully saturated rings. The lowest BCUT2D eigenvalue weighted by Gasteiger charge is -2.15. The largest absolute Gasteiger partial charge is 0.352 e. The number of hydrogen-bond donors (Lipinski definition) is 1. The highest BCUT2D eigenvalue weighted by Crippen LogP contribution is 2.15. The number of amides is 1. The second-order valence-corrected chi connectivity index (χ2v) is 5.01. The molecule has 0 saturated heterocycles. The molecular formula is C15H22ClNO. The zero-order chi connectivity index (χ0) is 13.4. The number of hydrogen-bond acceptors (Lipinski definition) is 1. The molecule has 2 nitrogen and oxygen atoms in total. The van der Waals surface area contributed by atoms with Crippen molar-refractivity contribution in [2.75, 3.05) is 6.54 Å². The topological polar surface area (TPSA) is 29.1 Å². The summed E-state index contributed by atoms with van der Waals surface area (Å²) in [6.07, 6.45) is 4.70. The highest BCUT2D eigenvalue weighted by Gasteiger charge is 2.11. The van der Waals surface area contributed by atoms with Crippen molar-refractivity contribution in [1.29, 1.82) is 0 Å². The van der Waals surface area contributed by atoms with Crippen molar-refractivity contribution >= 4 is 17.5 Å². The van der Waals surface area contributed by atoms with E-state index in [4.69, 9.17) is 11.6 Å². The lowest BCUT2D eigenvalue weighted by atomic mass is 9.99. The van der Waals surface area contributed by atoms with E-state index < -0.39 is 0 Å². The van der Waals surface area contributed by atoms with Gasteiger partial charge in [0.2, 0.25) is 0 Å². The number of halogens is 1. The summed E-state index contributed by atoms with van der Waals surface area (Å²) in [6, 6.07) is 7.15. The summed E-state index contributed by atoms with van der Waals surface area (Å²) in [5, 5.41) is 3.49. The van der Waals surface area contributed by atoms with Gasteiger partial charge in [-0.1, -0.05) is 56.8 Å². The Kier molecular flexibility index (Phi) is 6.81. The maximum absolute atomic E-state index is 12.0. The summed E-state index contributed by atoms with van der Waals surface area (Å²) in [7, 11) is 0. The Morgan fingerprint density at radius 3 is 2.67 bits per heavy atom. The minimum Gasteiger partial charge on any atom is -0.352 e. The normalized spacial score (nSPS) is 12.2. The monoisotopic (exact) mass is 267 g/mol. The smallest absolute Gasteiger partial charge is 0.252 e. The molecule has 0 saturated carbocycles. The Labute approximate surface area is 115 Å². The van der Waals surface area contributed by atoms with Gasteiger partial charge in [0, 0.05) is 6.54 Å². The van der Waals surface area contributed by atoms with Gasteiger partial charge in [-0.05, 0) is 24.5 Å². The van der Waals surface area contributed by atoms with Crippen LogP contribution < -0.4 is 5.32 Å². The van der Waals surface area contributed by atoms with E-state index >= 15 is 0 Å². The van der Waals surface area contributed by atoms with Crippen LogP contribution in [0.15, 0.2) is 24.3 Å². The number of carbonyl (C=O) groups is 1. The predicted molar refractivity (Wildman–Crippen MR) is 77.1 cm³/mol. The van der Waals surface area contributed by atoms with Crippen LogP contribution in [0.1, 0.15) is 49.9 Å². The van der Waals surface area contributed by atoms with Crippen molar-refractivity contribution in [3.8, 4) is 0 Å². The van der Waals surface area contributed by atoms with E-state index in [0.29, 0.717) is 16.5 Å². The van der Waals surface area contributed by atoms with Crippen LogP contribution in [0.2, 0.25) is 5.02 Å². The van der Waals surface area contributed by atoms with Crippen LogP contribution >= 0.6 is 11.6 Å². The van der Waals surface area contributed by atoms with Gasteiger partial charge in [0.25, 0.3) is 5.91 Å². The van der Waals surface area contributed by atoms with Crippen LogP contribution in [-0.2, 0) is 0 Å². The fourth-order valence-electron chi connectivity index (χ4n) is 1.92. The van der Waals surface area contributed by atoms with Crippen LogP contribution in [0.5, 0.6) is 0 Å². The SMILES string of the molecule is CCCC[C@@H](CC)CNC(=O)c1ccccc1Cl. The van der Waals surface area contributed by atoms with E-state index in [0.717, 1.165) is 13.0 Å². The molecule has 0 aliphatic heterocycles. The minimum absolute atomic E-state index is 0.0736. The van der Waals surface area contributed by atoms with E-state index in [1.807, 2.05) is 12.1 Å². The molecule has 1 atom stereocenters. The number of unbranched alkanes of at least 4 members (excludes halogenated alkanes) is 1. The Morgan fingerprint density at radius 2 is 2.06 bits per heavy atom. The fraction of sp³-hybridized carbons (Fsp3) is 0.533. The molecule has 1 rings (SSSR count). The number of rotatable bonds is 7. The first-order chi connectivity index (χ1) is 8.69. The van der Waals surface area contributed by atoms with Crippen LogP contribution in [0.25, 0.3) is 0 Å². The van der Waals surface area contributed by atoms with Crippen molar-refractivity contribution in [2.24, 2.45) is 5.92 Å². The number of benzene rings is 1. The van der Waals surface area contributed by atoms with Crippen molar-refractivity contribution in [3.05, 3.63) is 34.9 Å². The van der Waals surface area contributed by atoms with E-state index in [9.17, 15) is 4.79 Å². The van der Waals surface area contributed by atoms with E-state index in [1.165, 1.54) is 19.3 Å². The van der Waals surface area contributed by atoms with Gasteiger partial charge in [0.15, 0.2) is 0 Å². The maximum Gasteiger partial charge on any atom is 0.252 e. The third-order valence-corrected chi connectivity index (χ3v) is 3.54. The van der Waals surface area contributed by atoms with Crippen molar-refractivity contribution in [3.63, 3.8) is 0 Å². The summed E-state index contributed by atoms with van der Waals surface area (Å²) < 4.78 is 0. The molecule has 0 aliphatic rings. The molecule has 1 N–H and O–H groups in total. The second-order valence-electron chi connectivity index (χ2n) is 4.61. The molecule has 1 aromatic carbocycles.